The van der Waals surface area contributed by atoms with E-state index in [-0.39, 0.29) is 5.75 Å². The summed E-state index contributed by atoms with van der Waals surface area (Å²) in [5.41, 5.74) is 7.28. The van der Waals surface area contributed by atoms with Crippen molar-refractivity contribution in [3.05, 3.63) is 48.2 Å². The maximum Gasteiger partial charge on any atom is 0.234 e. The predicted molar refractivity (Wildman–Crippen MR) is 88.0 cm³/mol. The molecule has 0 unspecified atom stereocenters. The Hall–Kier alpha value is -1.73. The lowest BCUT2D eigenvalue weighted by molar-refractivity contribution is 0.602. The number of pyridine rings is 1. The van der Waals surface area contributed by atoms with E-state index in [1.54, 1.807) is 24.4 Å². The largest absolute Gasteiger partial charge is 0.399 e. The predicted octanol–water partition coefficient (Wildman–Crippen LogP) is 2.51. The van der Waals surface area contributed by atoms with E-state index in [0.29, 0.717) is 17.3 Å². The molecule has 1 aromatic carbocycles. The van der Waals surface area contributed by atoms with Gasteiger partial charge in [0.2, 0.25) is 10.0 Å². The standard InChI is InChI=1S/C14H17N3O2S2/c1-11-2-7-14(16-10-11)17-21(18,19)9-8-20-13-5-3-12(15)4-6-13/h2-7,10H,8-9,15H2,1H3,(H,16,17). The van der Waals surface area contributed by atoms with E-state index in [4.69, 9.17) is 5.73 Å². The SMILES string of the molecule is Cc1ccc(NS(=O)(=O)CCSc2ccc(N)cc2)nc1. The summed E-state index contributed by atoms with van der Waals surface area (Å²) in [4.78, 5) is 5.02. The first-order valence-corrected chi connectivity index (χ1v) is 9.00. The molecular weight excluding hydrogens is 306 g/mol. The van der Waals surface area contributed by atoms with Crippen LogP contribution >= 0.6 is 11.8 Å². The molecule has 5 nitrogen and oxygen atoms in total. The van der Waals surface area contributed by atoms with Crippen molar-refractivity contribution in [3.8, 4) is 0 Å². The van der Waals surface area contributed by atoms with Gasteiger partial charge >= 0.3 is 0 Å². The maximum atomic E-state index is 11.9. The van der Waals surface area contributed by atoms with Gasteiger partial charge in [0.15, 0.2) is 0 Å². The summed E-state index contributed by atoms with van der Waals surface area (Å²) < 4.78 is 26.4. The Morgan fingerprint density at radius 2 is 1.90 bits per heavy atom. The molecular formula is C14H17N3O2S2. The van der Waals surface area contributed by atoms with Crippen LogP contribution in [0.4, 0.5) is 11.5 Å². The fourth-order valence-corrected chi connectivity index (χ4v) is 3.89. The van der Waals surface area contributed by atoms with Crippen molar-refractivity contribution < 1.29 is 8.42 Å². The molecule has 2 aromatic rings. The van der Waals surface area contributed by atoms with Crippen LogP contribution in [0.25, 0.3) is 0 Å². The number of nitrogens with two attached hydrogens (primary N) is 1. The summed E-state index contributed by atoms with van der Waals surface area (Å²) in [7, 11) is -3.38. The second-order valence-corrected chi connectivity index (χ2v) is 7.57. The number of nitrogen functional groups attached to an aromatic ring is 1. The van der Waals surface area contributed by atoms with Gasteiger partial charge in [-0.15, -0.1) is 11.8 Å². The van der Waals surface area contributed by atoms with Crippen LogP contribution in [0.5, 0.6) is 0 Å². The minimum Gasteiger partial charge on any atom is -0.399 e. The number of rotatable bonds is 6. The molecule has 0 aliphatic carbocycles. The Labute approximate surface area is 129 Å². The highest BCUT2D eigenvalue weighted by molar-refractivity contribution is 8.01. The molecule has 0 atom stereocenters. The van der Waals surface area contributed by atoms with Gasteiger partial charge in [0.25, 0.3) is 0 Å². The van der Waals surface area contributed by atoms with E-state index in [0.717, 1.165) is 10.5 Å². The highest BCUT2D eigenvalue weighted by Crippen LogP contribution is 2.19. The number of benzene rings is 1. The summed E-state index contributed by atoms with van der Waals surface area (Å²) in [5.74, 6) is 0.834. The number of aromatic nitrogens is 1. The molecule has 0 saturated carbocycles. The number of aryl methyl sites for hydroxylation is 1. The van der Waals surface area contributed by atoms with Crippen molar-refractivity contribution in [1.82, 2.24) is 4.98 Å². The molecule has 1 aromatic heterocycles. The zero-order valence-corrected chi connectivity index (χ0v) is 13.2. The first-order valence-electron chi connectivity index (χ1n) is 6.36. The third-order valence-electron chi connectivity index (χ3n) is 2.67. The van der Waals surface area contributed by atoms with E-state index in [2.05, 4.69) is 9.71 Å². The van der Waals surface area contributed by atoms with Crippen molar-refractivity contribution in [2.24, 2.45) is 0 Å². The molecule has 0 spiro atoms. The molecule has 0 bridgehead atoms. The molecule has 3 N–H and O–H groups in total. The smallest absolute Gasteiger partial charge is 0.234 e. The zero-order chi connectivity index (χ0) is 15.3. The zero-order valence-electron chi connectivity index (χ0n) is 11.6. The van der Waals surface area contributed by atoms with Crippen LogP contribution in [0.3, 0.4) is 0 Å². The van der Waals surface area contributed by atoms with Gasteiger partial charge in [-0.1, -0.05) is 6.07 Å². The molecule has 112 valence electrons. The van der Waals surface area contributed by atoms with Gasteiger partial charge in [-0.05, 0) is 42.8 Å². The minimum absolute atomic E-state index is 0.0254. The monoisotopic (exact) mass is 323 g/mol. The maximum absolute atomic E-state index is 11.9. The van der Waals surface area contributed by atoms with Gasteiger partial charge in [-0.25, -0.2) is 13.4 Å². The van der Waals surface area contributed by atoms with Crippen LogP contribution in [0.15, 0.2) is 47.5 Å². The van der Waals surface area contributed by atoms with Crippen LogP contribution < -0.4 is 10.5 Å². The van der Waals surface area contributed by atoms with Gasteiger partial charge in [0.05, 0.1) is 5.75 Å². The Kier molecular flexibility index (Phi) is 5.08. The lowest BCUT2D eigenvalue weighted by Gasteiger charge is -2.07. The van der Waals surface area contributed by atoms with E-state index < -0.39 is 10.0 Å². The Balaban J connectivity index is 1.86. The Morgan fingerprint density at radius 3 is 2.52 bits per heavy atom. The molecule has 2 rings (SSSR count). The summed E-state index contributed by atoms with van der Waals surface area (Å²) in [5, 5.41) is 0. The number of anilines is 2. The normalized spacial score (nSPS) is 11.3. The van der Waals surface area contributed by atoms with E-state index in [1.807, 2.05) is 25.1 Å². The average Bonchev–Trinajstić information content (AvgIpc) is 2.43. The van der Waals surface area contributed by atoms with E-state index >= 15 is 0 Å². The second-order valence-electron chi connectivity index (χ2n) is 4.56. The number of nitrogens with one attached hydrogen (secondary N) is 1. The van der Waals surface area contributed by atoms with Crippen molar-refractivity contribution in [2.75, 3.05) is 22.0 Å². The van der Waals surface area contributed by atoms with Gasteiger partial charge in [-0.3, -0.25) is 4.72 Å². The first-order chi connectivity index (χ1) is 9.94. The average molecular weight is 323 g/mol. The lowest BCUT2D eigenvalue weighted by atomic mass is 10.3. The summed E-state index contributed by atoms with van der Waals surface area (Å²) in [6.45, 7) is 1.90. The molecule has 0 radical (unpaired) electrons. The van der Waals surface area contributed by atoms with Crippen molar-refractivity contribution in [1.29, 1.82) is 0 Å². The highest BCUT2D eigenvalue weighted by Gasteiger charge is 2.11. The molecule has 0 aliphatic rings. The second kappa shape index (κ2) is 6.82. The number of nitrogens with zero attached hydrogens (tertiary/aromatic N) is 1. The topological polar surface area (TPSA) is 85.1 Å². The van der Waals surface area contributed by atoms with Crippen molar-refractivity contribution in [2.45, 2.75) is 11.8 Å². The molecule has 1 heterocycles. The molecule has 0 amide bonds. The molecule has 0 fully saturated rings. The van der Waals surface area contributed by atoms with Crippen LogP contribution in [-0.2, 0) is 10.0 Å². The van der Waals surface area contributed by atoms with Crippen LogP contribution in [-0.4, -0.2) is 24.9 Å². The summed E-state index contributed by atoms with van der Waals surface area (Å²) in [6.07, 6.45) is 1.63. The Morgan fingerprint density at radius 1 is 1.19 bits per heavy atom. The molecule has 21 heavy (non-hydrogen) atoms. The number of sulfonamides is 1. The number of thioether (sulfide) groups is 1. The lowest BCUT2D eigenvalue weighted by Crippen LogP contribution is -2.18. The molecule has 7 heteroatoms. The summed E-state index contributed by atoms with van der Waals surface area (Å²) in [6, 6.07) is 10.8. The third kappa shape index (κ3) is 5.28. The van der Waals surface area contributed by atoms with Gasteiger partial charge < -0.3 is 5.73 Å². The van der Waals surface area contributed by atoms with E-state index in [9.17, 15) is 8.42 Å². The van der Waals surface area contributed by atoms with Crippen LogP contribution in [0.1, 0.15) is 5.56 Å². The Bertz CT molecular complexity index is 683. The van der Waals surface area contributed by atoms with Crippen LogP contribution in [0, 0.1) is 6.92 Å². The quantitative estimate of drug-likeness (QED) is 0.630. The van der Waals surface area contributed by atoms with Crippen LogP contribution in [0.2, 0.25) is 0 Å². The first kappa shape index (κ1) is 15.7. The number of hydrogen-bond acceptors (Lipinski definition) is 5. The fourth-order valence-electron chi connectivity index (χ4n) is 1.57. The third-order valence-corrected chi connectivity index (χ3v) is 5.21. The number of hydrogen-bond donors (Lipinski definition) is 2. The highest BCUT2D eigenvalue weighted by atomic mass is 32.2. The molecule has 0 aliphatic heterocycles. The van der Waals surface area contributed by atoms with Gasteiger partial charge in [0, 0.05) is 22.5 Å². The minimum atomic E-state index is -3.38. The van der Waals surface area contributed by atoms with Crippen molar-refractivity contribution in [3.63, 3.8) is 0 Å². The van der Waals surface area contributed by atoms with Crippen molar-refractivity contribution >= 4 is 33.3 Å². The fraction of sp³-hybridized carbons (Fsp3) is 0.214. The van der Waals surface area contributed by atoms with Gasteiger partial charge in [0.1, 0.15) is 5.82 Å². The van der Waals surface area contributed by atoms with E-state index in [1.165, 1.54) is 11.8 Å². The molecule has 0 saturated heterocycles. The summed E-state index contributed by atoms with van der Waals surface area (Å²) >= 11 is 1.47. The van der Waals surface area contributed by atoms with Gasteiger partial charge in [-0.2, -0.15) is 0 Å².